The summed E-state index contributed by atoms with van der Waals surface area (Å²) >= 11 is 0. The van der Waals surface area contributed by atoms with Crippen LogP contribution in [0.25, 0.3) is 0 Å². The quantitative estimate of drug-likeness (QED) is 0.591. The molecule has 1 aliphatic carbocycles. The van der Waals surface area contributed by atoms with Gasteiger partial charge in [-0.3, -0.25) is 9.59 Å². The first-order chi connectivity index (χ1) is 6.20. The molecule has 2 rings (SSSR count). The number of hydrogen-bond donors (Lipinski definition) is 1. The molecule has 0 bridgehead atoms. The Bertz CT molecular complexity index is 327. The van der Waals surface area contributed by atoms with Crippen LogP contribution in [0.3, 0.4) is 0 Å². The van der Waals surface area contributed by atoms with E-state index in [1.54, 1.807) is 6.08 Å². The fourth-order valence-corrected chi connectivity index (χ4v) is 1.54. The average molecular weight is 180 g/mol. The molecule has 0 aromatic rings. The second kappa shape index (κ2) is 2.73. The Kier molecular flexibility index (Phi) is 1.69. The van der Waals surface area contributed by atoms with Gasteiger partial charge in [-0.2, -0.15) is 0 Å². The first kappa shape index (κ1) is 8.04. The van der Waals surface area contributed by atoms with Gasteiger partial charge in [0.15, 0.2) is 5.78 Å². The van der Waals surface area contributed by atoms with Crippen molar-refractivity contribution in [3.8, 4) is 0 Å². The first-order valence-corrected chi connectivity index (χ1v) is 3.96. The highest BCUT2D eigenvalue weighted by Gasteiger charge is 2.37. The number of aliphatic carboxylic acids is 1. The van der Waals surface area contributed by atoms with Gasteiger partial charge in [-0.15, -0.1) is 0 Å². The monoisotopic (exact) mass is 180 g/mol. The third kappa shape index (κ3) is 1.14. The maximum absolute atomic E-state index is 11.5. The van der Waals surface area contributed by atoms with Gasteiger partial charge in [-0.25, -0.2) is 0 Å². The highest BCUT2D eigenvalue weighted by molar-refractivity contribution is 6.04. The van der Waals surface area contributed by atoms with Crippen LogP contribution < -0.4 is 0 Å². The SMILES string of the molecule is O=C(O)C1C=CC2=COCC2C1=O. The third-order valence-corrected chi connectivity index (χ3v) is 2.28. The Morgan fingerprint density at radius 1 is 1.62 bits per heavy atom. The van der Waals surface area contributed by atoms with Crippen LogP contribution in [-0.2, 0) is 14.3 Å². The lowest BCUT2D eigenvalue weighted by molar-refractivity contribution is -0.145. The lowest BCUT2D eigenvalue weighted by atomic mass is 9.83. The molecule has 0 radical (unpaired) electrons. The molecule has 0 aromatic carbocycles. The maximum Gasteiger partial charge on any atom is 0.317 e. The van der Waals surface area contributed by atoms with E-state index in [1.807, 2.05) is 0 Å². The summed E-state index contributed by atoms with van der Waals surface area (Å²) in [6.07, 6.45) is 4.57. The predicted molar refractivity (Wildman–Crippen MR) is 42.8 cm³/mol. The van der Waals surface area contributed by atoms with E-state index in [-0.39, 0.29) is 18.3 Å². The van der Waals surface area contributed by atoms with Crippen molar-refractivity contribution in [1.29, 1.82) is 0 Å². The first-order valence-electron chi connectivity index (χ1n) is 3.96. The fraction of sp³-hybridized carbons (Fsp3) is 0.333. The molecule has 0 saturated carbocycles. The van der Waals surface area contributed by atoms with E-state index in [0.29, 0.717) is 0 Å². The van der Waals surface area contributed by atoms with E-state index in [2.05, 4.69) is 0 Å². The Balaban J connectivity index is 2.31. The van der Waals surface area contributed by atoms with Gasteiger partial charge < -0.3 is 9.84 Å². The van der Waals surface area contributed by atoms with Crippen LogP contribution in [-0.4, -0.2) is 23.5 Å². The number of allylic oxidation sites excluding steroid dienone is 1. The zero-order valence-electron chi connectivity index (χ0n) is 6.77. The number of carboxylic acids is 1. The van der Waals surface area contributed by atoms with E-state index in [9.17, 15) is 9.59 Å². The van der Waals surface area contributed by atoms with Crippen LogP contribution in [0.15, 0.2) is 24.0 Å². The van der Waals surface area contributed by atoms with E-state index < -0.39 is 11.9 Å². The molecule has 0 spiro atoms. The van der Waals surface area contributed by atoms with E-state index in [1.165, 1.54) is 12.3 Å². The average Bonchev–Trinajstić information content (AvgIpc) is 2.52. The Morgan fingerprint density at radius 3 is 3.08 bits per heavy atom. The van der Waals surface area contributed by atoms with Crippen molar-refractivity contribution in [2.24, 2.45) is 11.8 Å². The van der Waals surface area contributed by atoms with Gasteiger partial charge >= 0.3 is 5.97 Å². The van der Waals surface area contributed by atoms with E-state index in [0.717, 1.165) is 5.57 Å². The molecule has 0 saturated heterocycles. The highest BCUT2D eigenvalue weighted by Crippen LogP contribution is 2.29. The number of carboxylic acid groups (broad SMARTS) is 1. The summed E-state index contributed by atoms with van der Waals surface area (Å²) < 4.78 is 4.96. The number of rotatable bonds is 1. The minimum Gasteiger partial charge on any atom is -0.500 e. The van der Waals surface area contributed by atoms with Crippen molar-refractivity contribution < 1.29 is 19.4 Å². The zero-order chi connectivity index (χ0) is 9.42. The second-order valence-electron chi connectivity index (χ2n) is 3.08. The summed E-state index contributed by atoms with van der Waals surface area (Å²) in [5.74, 6) is -2.74. The maximum atomic E-state index is 11.5. The largest absolute Gasteiger partial charge is 0.500 e. The molecule has 0 aromatic heterocycles. The van der Waals surface area contributed by atoms with Crippen LogP contribution in [0.1, 0.15) is 0 Å². The molecule has 2 atom stereocenters. The lowest BCUT2D eigenvalue weighted by Crippen LogP contribution is -2.32. The second-order valence-corrected chi connectivity index (χ2v) is 3.08. The molecule has 13 heavy (non-hydrogen) atoms. The Hall–Kier alpha value is -1.58. The van der Waals surface area contributed by atoms with Crippen molar-refractivity contribution in [3.05, 3.63) is 24.0 Å². The van der Waals surface area contributed by atoms with Gasteiger partial charge in [-0.05, 0) is 0 Å². The molecule has 68 valence electrons. The number of carbonyl (C=O) groups is 2. The standard InChI is InChI=1S/C9H8O4/c10-8-6(9(11)12)2-1-5-3-13-4-7(5)8/h1-3,6-7H,4H2,(H,11,12). The topological polar surface area (TPSA) is 63.6 Å². The molecule has 4 nitrogen and oxygen atoms in total. The molecule has 4 heteroatoms. The van der Waals surface area contributed by atoms with Crippen LogP contribution >= 0.6 is 0 Å². The van der Waals surface area contributed by atoms with Crippen LogP contribution in [0.2, 0.25) is 0 Å². The van der Waals surface area contributed by atoms with Gasteiger partial charge in [-0.1, -0.05) is 12.2 Å². The van der Waals surface area contributed by atoms with Gasteiger partial charge in [0.25, 0.3) is 0 Å². The minimum atomic E-state index is -1.09. The van der Waals surface area contributed by atoms with Crippen molar-refractivity contribution in [2.45, 2.75) is 0 Å². The van der Waals surface area contributed by atoms with Gasteiger partial charge in [0.05, 0.1) is 12.2 Å². The number of Topliss-reactive ketones (excluding diaryl/α,β-unsaturated/α-hetero) is 1. The number of ketones is 1. The Morgan fingerprint density at radius 2 is 2.38 bits per heavy atom. The normalized spacial score (nSPS) is 30.8. The lowest BCUT2D eigenvalue weighted by Gasteiger charge is -2.17. The highest BCUT2D eigenvalue weighted by atomic mass is 16.5. The van der Waals surface area contributed by atoms with Crippen molar-refractivity contribution >= 4 is 11.8 Å². The van der Waals surface area contributed by atoms with Crippen molar-refractivity contribution in [2.75, 3.05) is 6.61 Å². The van der Waals surface area contributed by atoms with E-state index in [4.69, 9.17) is 9.84 Å². The number of hydrogen-bond acceptors (Lipinski definition) is 3. The summed E-state index contributed by atoms with van der Waals surface area (Å²) in [5.41, 5.74) is 0.780. The Labute approximate surface area is 74.5 Å². The molecule has 0 fully saturated rings. The number of carbonyl (C=O) groups excluding carboxylic acids is 1. The van der Waals surface area contributed by atoms with Crippen LogP contribution in [0.4, 0.5) is 0 Å². The van der Waals surface area contributed by atoms with Gasteiger partial charge in [0, 0.05) is 5.57 Å². The summed E-state index contributed by atoms with van der Waals surface area (Å²) in [6, 6.07) is 0. The summed E-state index contributed by atoms with van der Waals surface area (Å²) in [7, 11) is 0. The third-order valence-electron chi connectivity index (χ3n) is 2.28. The molecule has 2 unspecified atom stereocenters. The van der Waals surface area contributed by atoms with Crippen LogP contribution in [0, 0.1) is 11.8 Å². The summed E-state index contributed by atoms with van der Waals surface area (Å²) in [5, 5.41) is 8.70. The molecule has 1 heterocycles. The van der Waals surface area contributed by atoms with E-state index >= 15 is 0 Å². The minimum absolute atomic E-state index is 0.279. The van der Waals surface area contributed by atoms with Gasteiger partial charge in [0.1, 0.15) is 12.5 Å². The number of ether oxygens (including phenoxy) is 1. The predicted octanol–water partition coefficient (Wildman–Crippen LogP) is 0.356. The molecule has 0 amide bonds. The van der Waals surface area contributed by atoms with Gasteiger partial charge in [0.2, 0.25) is 0 Å². The van der Waals surface area contributed by atoms with Crippen molar-refractivity contribution in [1.82, 2.24) is 0 Å². The molecule has 1 N–H and O–H groups in total. The molecular formula is C9H8O4. The summed E-state index contributed by atoms with van der Waals surface area (Å²) in [4.78, 5) is 22.1. The molecule has 2 aliphatic rings. The smallest absolute Gasteiger partial charge is 0.317 e. The van der Waals surface area contributed by atoms with Crippen molar-refractivity contribution in [3.63, 3.8) is 0 Å². The number of fused-ring (bicyclic) bond motifs is 1. The molecule has 1 aliphatic heterocycles. The summed E-state index contributed by atoms with van der Waals surface area (Å²) in [6.45, 7) is 0.280. The molecular weight excluding hydrogens is 172 g/mol. The van der Waals surface area contributed by atoms with Crippen LogP contribution in [0.5, 0.6) is 0 Å². The zero-order valence-corrected chi connectivity index (χ0v) is 6.77. The fourth-order valence-electron chi connectivity index (χ4n) is 1.54.